The van der Waals surface area contributed by atoms with Crippen LogP contribution in [0.4, 0.5) is 0 Å². The molecule has 186 valence electrons. The van der Waals surface area contributed by atoms with Crippen LogP contribution in [0.1, 0.15) is 0 Å². The lowest BCUT2D eigenvalue weighted by Gasteiger charge is -2.14. The van der Waals surface area contributed by atoms with E-state index in [0.29, 0.717) is 0 Å². The maximum Gasteiger partial charge on any atom is -0.00928 e. The molecule has 0 atom stereocenters. The topological polar surface area (TPSA) is 0 Å². The molecular formula is C40H26. The molecule has 0 aromatic heterocycles. The van der Waals surface area contributed by atoms with Crippen LogP contribution in [0.2, 0.25) is 0 Å². The van der Waals surface area contributed by atoms with Gasteiger partial charge in [-0.25, -0.2) is 0 Å². The largest absolute Gasteiger partial charge is 0.0622 e. The van der Waals surface area contributed by atoms with Crippen molar-refractivity contribution in [3.05, 3.63) is 158 Å². The van der Waals surface area contributed by atoms with E-state index in [9.17, 15) is 0 Å². The van der Waals surface area contributed by atoms with Crippen molar-refractivity contribution in [2.45, 2.75) is 0 Å². The minimum atomic E-state index is 1.23. The van der Waals surface area contributed by atoms with Gasteiger partial charge in [0.25, 0.3) is 0 Å². The van der Waals surface area contributed by atoms with Gasteiger partial charge in [-0.3, -0.25) is 0 Å². The Morgan fingerprint density at radius 2 is 0.650 bits per heavy atom. The molecule has 0 heteroatoms. The Hall–Kier alpha value is -5.20. The Kier molecular flexibility index (Phi) is 5.24. The highest BCUT2D eigenvalue weighted by molar-refractivity contribution is 6.25. The molecular weight excluding hydrogens is 480 g/mol. The summed E-state index contributed by atoms with van der Waals surface area (Å²) in [6, 6.07) is 57.6. The van der Waals surface area contributed by atoms with E-state index in [0.717, 1.165) is 0 Å². The number of hydrogen-bond acceptors (Lipinski definition) is 0. The first-order valence-electron chi connectivity index (χ1n) is 13.9. The van der Waals surface area contributed by atoms with Crippen LogP contribution in [0, 0.1) is 0 Å². The van der Waals surface area contributed by atoms with E-state index in [-0.39, 0.29) is 0 Å². The first-order chi connectivity index (χ1) is 19.8. The number of benzene rings is 8. The normalized spacial score (nSPS) is 11.5. The lowest BCUT2D eigenvalue weighted by molar-refractivity contribution is 1.58. The standard InChI is InChI=1S/C40H26/c1-2-10-27(11-3-1)32-23-33(30-19-18-28-12-4-5-13-29(28)22-30)25-34(24-32)31-20-21-39-37-16-7-6-14-35(37)36-15-8-9-17-38(36)40(39)26-31/h1-26H. The molecule has 0 saturated heterocycles. The Labute approximate surface area is 233 Å². The van der Waals surface area contributed by atoms with Gasteiger partial charge in [0.1, 0.15) is 0 Å². The minimum absolute atomic E-state index is 1.23. The van der Waals surface area contributed by atoms with Crippen LogP contribution < -0.4 is 0 Å². The summed E-state index contributed by atoms with van der Waals surface area (Å²) in [4.78, 5) is 0. The fraction of sp³-hybridized carbons (Fsp3) is 0. The zero-order valence-corrected chi connectivity index (χ0v) is 22.0. The molecule has 0 aliphatic carbocycles. The van der Waals surface area contributed by atoms with Crippen molar-refractivity contribution in [3.8, 4) is 33.4 Å². The zero-order chi connectivity index (χ0) is 26.5. The van der Waals surface area contributed by atoms with E-state index in [4.69, 9.17) is 0 Å². The summed E-state index contributed by atoms with van der Waals surface area (Å²) in [5.41, 5.74) is 7.37. The lowest BCUT2D eigenvalue weighted by atomic mass is 9.89. The molecule has 0 bridgehead atoms. The smallest absolute Gasteiger partial charge is 0.00928 e. The molecule has 8 aromatic carbocycles. The molecule has 40 heavy (non-hydrogen) atoms. The third kappa shape index (κ3) is 3.77. The Balaban J connectivity index is 1.38. The average Bonchev–Trinajstić information content (AvgIpc) is 3.04. The summed E-state index contributed by atoms with van der Waals surface area (Å²) in [6.45, 7) is 0. The summed E-state index contributed by atoms with van der Waals surface area (Å²) < 4.78 is 0. The molecule has 8 aromatic rings. The van der Waals surface area contributed by atoms with Crippen LogP contribution in [-0.4, -0.2) is 0 Å². The minimum Gasteiger partial charge on any atom is -0.0622 e. The number of fused-ring (bicyclic) bond motifs is 7. The van der Waals surface area contributed by atoms with Gasteiger partial charge < -0.3 is 0 Å². The van der Waals surface area contributed by atoms with E-state index in [2.05, 4.69) is 158 Å². The lowest BCUT2D eigenvalue weighted by Crippen LogP contribution is -1.88. The van der Waals surface area contributed by atoms with Crippen molar-refractivity contribution in [2.24, 2.45) is 0 Å². The highest BCUT2D eigenvalue weighted by Gasteiger charge is 2.12. The van der Waals surface area contributed by atoms with E-state index in [1.54, 1.807) is 0 Å². The van der Waals surface area contributed by atoms with E-state index < -0.39 is 0 Å². The highest BCUT2D eigenvalue weighted by atomic mass is 14.2. The number of hydrogen-bond donors (Lipinski definition) is 0. The molecule has 0 aliphatic heterocycles. The molecule has 0 spiro atoms. The number of rotatable bonds is 3. The fourth-order valence-corrected chi connectivity index (χ4v) is 6.21. The van der Waals surface area contributed by atoms with Crippen molar-refractivity contribution >= 4 is 43.1 Å². The van der Waals surface area contributed by atoms with Crippen LogP contribution in [0.5, 0.6) is 0 Å². The predicted octanol–water partition coefficient (Wildman–Crippen LogP) is 11.3. The van der Waals surface area contributed by atoms with Gasteiger partial charge in [0.2, 0.25) is 0 Å². The quantitative estimate of drug-likeness (QED) is 0.209. The maximum atomic E-state index is 2.39. The van der Waals surface area contributed by atoms with Crippen molar-refractivity contribution in [3.63, 3.8) is 0 Å². The molecule has 8 rings (SSSR count). The summed E-state index contributed by atoms with van der Waals surface area (Å²) in [7, 11) is 0. The van der Waals surface area contributed by atoms with Gasteiger partial charge >= 0.3 is 0 Å². The highest BCUT2D eigenvalue weighted by Crippen LogP contribution is 2.39. The molecule has 0 saturated carbocycles. The van der Waals surface area contributed by atoms with Crippen molar-refractivity contribution in [1.82, 2.24) is 0 Å². The van der Waals surface area contributed by atoms with Gasteiger partial charge in [-0.15, -0.1) is 0 Å². The Bertz CT molecular complexity index is 2170. The average molecular weight is 507 g/mol. The molecule has 0 unspecified atom stereocenters. The monoisotopic (exact) mass is 506 g/mol. The van der Waals surface area contributed by atoms with Crippen molar-refractivity contribution in [2.75, 3.05) is 0 Å². The third-order valence-electron chi connectivity index (χ3n) is 8.20. The van der Waals surface area contributed by atoms with E-state index in [1.807, 2.05) is 0 Å². The summed E-state index contributed by atoms with van der Waals surface area (Å²) in [5, 5.41) is 10.3. The molecule has 0 radical (unpaired) electrons. The zero-order valence-electron chi connectivity index (χ0n) is 22.0. The SMILES string of the molecule is c1ccc(-c2cc(-c3ccc4ccccc4c3)cc(-c3ccc4c5ccccc5c5ccccc5c4c3)c2)cc1. The molecule has 0 aliphatic rings. The first-order valence-corrected chi connectivity index (χ1v) is 13.9. The fourth-order valence-electron chi connectivity index (χ4n) is 6.21. The van der Waals surface area contributed by atoms with Crippen molar-refractivity contribution < 1.29 is 0 Å². The van der Waals surface area contributed by atoms with Crippen LogP contribution in [0.3, 0.4) is 0 Å². The van der Waals surface area contributed by atoms with Crippen molar-refractivity contribution in [1.29, 1.82) is 0 Å². The Morgan fingerprint density at radius 3 is 1.30 bits per heavy atom. The molecule has 0 amide bonds. The van der Waals surface area contributed by atoms with Gasteiger partial charge in [-0.1, -0.05) is 127 Å². The third-order valence-corrected chi connectivity index (χ3v) is 8.20. The van der Waals surface area contributed by atoms with Crippen LogP contribution in [0.25, 0.3) is 76.5 Å². The van der Waals surface area contributed by atoms with Gasteiger partial charge in [0.05, 0.1) is 0 Å². The second-order valence-electron chi connectivity index (χ2n) is 10.6. The summed E-state index contributed by atoms with van der Waals surface area (Å²) >= 11 is 0. The van der Waals surface area contributed by atoms with Gasteiger partial charge in [0, 0.05) is 0 Å². The summed E-state index contributed by atoms with van der Waals surface area (Å²) in [6.07, 6.45) is 0. The first kappa shape index (κ1) is 22.8. The van der Waals surface area contributed by atoms with Crippen LogP contribution in [-0.2, 0) is 0 Å². The molecule has 0 heterocycles. The van der Waals surface area contributed by atoms with E-state index >= 15 is 0 Å². The van der Waals surface area contributed by atoms with Crippen LogP contribution >= 0.6 is 0 Å². The van der Waals surface area contributed by atoms with Gasteiger partial charge in [-0.05, 0) is 107 Å². The second kappa shape index (κ2) is 9.22. The molecule has 0 N–H and O–H groups in total. The van der Waals surface area contributed by atoms with Gasteiger partial charge in [0.15, 0.2) is 0 Å². The summed E-state index contributed by atoms with van der Waals surface area (Å²) in [5.74, 6) is 0. The predicted molar refractivity (Wildman–Crippen MR) is 173 cm³/mol. The second-order valence-corrected chi connectivity index (χ2v) is 10.6. The molecule has 0 fully saturated rings. The Morgan fingerprint density at radius 1 is 0.200 bits per heavy atom. The maximum absolute atomic E-state index is 2.39. The van der Waals surface area contributed by atoms with Gasteiger partial charge in [-0.2, -0.15) is 0 Å². The van der Waals surface area contributed by atoms with Crippen LogP contribution in [0.15, 0.2) is 158 Å². The molecule has 0 nitrogen and oxygen atoms in total. The van der Waals surface area contributed by atoms with E-state index in [1.165, 1.54) is 76.5 Å².